The number of benzene rings is 2. The van der Waals surface area contributed by atoms with E-state index >= 15 is 0 Å². The topological polar surface area (TPSA) is 68.5 Å². The third kappa shape index (κ3) is 4.46. The summed E-state index contributed by atoms with van der Waals surface area (Å²) >= 11 is 6.07. The molecule has 1 amide bonds. The maximum atomic E-state index is 13.5. The first-order chi connectivity index (χ1) is 14.5. The Balaban J connectivity index is 1.34. The van der Waals surface area contributed by atoms with Gasteiger partial charge in [0.15, 0.2) is 0 Å². The van der Waals surface area contributed by atoms with Crippen molar-refractivity contribution < 1.29 is 18.4 Å². The second-order valence-corrected chi connectivity index (χ2v) is 7.71. The van der Waals surface area contributed by atoms with Gasteiger partial charge in [0.25, 0.3) is 5.91 Å². The molecular weight excluding hydrogens is 409 g/mol. The molecule has 3 aromatic rings. The average molecular weight is 430 g/mol. The van der Waals surface area contributed by atoms with Crippen LogP contribution in [-0.2, 0) is 6.42 Å². The zero-order valence-corrected chi connectivity index (χ0v) is 17.2. The van der Waals surface area contributed by atoms with E-state index in [1.165, 1.54) is 18.2 Å². The van der Waals surface area contributed by atoms with Crippen molar-refractivity contribution in [1.82, 2.24) is 15.0 Å². The zero-order chi connectivity index (χ0) is 21.1. The second kappa shape index (κ2) is 8.83. The summed E-state index contributed by atoms with van der Waals surface area (Å²) in [5, 5.41) is 4.33. The molecule has 0 atom stereocenters. The molecule has 1 aliphatic heterocycles. The van der Waals surface area contributed by atoms with Gasteiger partial charge in [0.1, 0.15) is 11.6 Å². The van der Waals surface area contributed by atoms with Gasteiger partial charge < -0.3 is 14.2 Å². The number of hydrogen-bond donors (Lipinski definition) is 0. The Bertz CT molecular complexity index is 1030. The number of piperidine rings is 1. The standard InChI is InChI=1S/C22H21ClFN3O3/c1-29-17-5-2-15(3-6-17)21-25-20(30-26-21)12-14-8-10-27(11-9-14)22(28)18-13-16(24)4-7-19(18)23/h2-7,13-14H,8-12H2,1H3. The van der Waals surface area contributed by atoms with Crippen molar-refractivity contribution in [1.29, 1.82) is 0 Å². The normalized spacial score (nSPS) is 14.7. The summed E-state index contributed by atoms with van der Waals surface area (Å²) in [6, 6.07) is 11.3. The molecule has 2 aromatic carbocycles. The maximum Gasteiger partial charge on any atom is 0.255 e. The lowest BCUT2D eigenvalue weighted by Gasteiger charge is -2.31. The Morgan fingerprint density at radius 2 is 1.97 bits per heavy atom. The van der Waals surface area contributed by atoms with Gasteiger partial charge in [0, 0.05) is 25.1 Å². The van der Waals surface area contributed by atoms with Gasteiger partial charge in [-0.15, -0.1) is 0 Å². The van der Waals surface area contributed by atoms with E-state index in [-0.39, 0.29) is 16.5 Å². The first-order valence-electron chi connectivity index (χ1n) is 9.75. The summed E-state index contributed by atoms with van der Waals surface area (Å²) in [4.78, 5) is 18.9. The van der Waals surface area contributed by atoms with Crippen molar-refractivity contribution in [3.63, 3.8) is 0 Å². The highest BCUT2D eigenvalue weighted by molar-refractivity contribution is 6.33. The van der Waals surface area contributed by atoms with E-state index in [1.807, 2.05) is 24.3 Å². The first-order valence-corrected chi connectivity index (χ1v) is 10.1. The third-order valence-electron chi connectivity index (χ3n) is 5.34. The summed E-state index contributed by atoms with van der Waals surface area (Å²) in [5.74, 6) is 1.52. The van der Waals surface area contributed by atoms with Gasteiger partial charge in [0.2, 0.25) is 11.7 Å². The van der Waals surface area contributed by atoms with Gasteiger partial charge in [-0.2, -0.15) is 4.98 Å². The Kier molecular flexibility index (Phi) is 5.99. The number of ether oxygens (including phenoxy) is 1. The molecule has 1 fully saturated rings. The highest BCUT2D eigenvalue weighted by Gasteiger charge is 2.26. The van der Waals surface area contributed by atoms with Crippen molar-refractivity contribution >= 4 is 17.5 Å². The fraction of sp³-hybridized carbons (Fsp3) is 0.318. The quantitative estimate of drug-likeness (QED) is 0.591. The molecular formula is C22H21ClFN3O3. The van der Waals surface area contributed by atoms with Crippen LogP contribution in [0.1, 0.15) is 29.1 Å². The van der Waals surface area contributed by atoms with Crippen LogP contribution in [0.15, 0.2) is 47.0 Å². The summed E-state index contributed by atoms with van der Waals surface area (Å²) in [6.07, 6.45) is 2.27. The molecule has 0 bridgehead atoms. The van der Waals surface area contributed by atoms with Gasteiger partial charge in [-0.1, -0.05) is 16.8 Å². The summed E-state index contributed by atoms with van der Waals surface area (Å²) < 4.78 is 24.1. The van der Waals surface area contributed by atoms with E-state index < -0.39 is 5.82 Å². The Morgan fingerprint density at radius 3 is 2.67 bits per heavy atom. The monoisotopic (exact) mass is 429 g/mol. The van der Waals surface area contributed by atoms with Gasteiger partial charge in [-0.3, -0.25) is 4.79 Å². The number of aromatic nitrogens is 2. The SMILES string of the molecule is COc1ccc(-c2noc(CC3CCN(C(=O)c4cc(F)ccc4Cl)CC3)n2)cc1. The smallest absolute Gasteiger partial charge is 0.255 e. The van der Waals surface area contributed by atoms with Crippen LogP contribution in [0.3, 0.4) is 0 Å². The van der Waals surface area contributed by atoms with Crippen molar-refractivity contribution in [3.8, 4) is 17.1 Å². The highest BCUT2D eigenvalue weighted by atomic mass is 35.5. The summed E-state index contributed by atoms with van der Waals surface area (Å²) in [7, 11) is 1.62. The predicted octanol–water partition coefficient (Wildman–Crippen LogP) is 4.63. The van der Waals surface area contributed by atoms with E-state index in [9.17, 15) is 9.18 Å². The Hall–Kier alpha value is -2.93. The number of rotatable bonds is 5. The summed E-state index contributed by atoms with van der Waals surface area (Å²) in [5.41, 5.74) is 1.06. The minimum absolute atomic E-state index is 0.205. The zero-order valence-electron chi connectivity index (χ0n) is 16.5. The number of carbonyl (C=O) groups excluding carboxylic acids is 1. The van der Waals surface area contributed by atoms with E-state index in [4.69, 9.17) is 20.9 Å². The minimum Gasteiger partial charge on any atom is -0.497 e. The lowest BCUT2D eigenvalue weighted by molar-refractivity contribution is 0.0687. The van der Waals surface area contributed by atoms with Crippen LogP contribution in [0.5, 0.6) is 5.75 Å². The van der Waals surface area contributed by atoms with Crippen LogP contribution < -0.4 is 4.74 Å². The number of methoxy groups -OCH3 is 1. The van der Waals surface area contributed by atoms with Crippen LogP contribution in [0.2, 0.25) is 5.02 Å². The van der Waals surface area contributed by atoms with Crippen LogP contribution in [0.25, 0.3) is 11.4 Å². The fourth-order valence-electron chi connectivity index (χ4n) is 3.61. The lowest BCUT2D eigenvalue weighted by Crippen LogP contribution is -2.39. The molecule has 156 valence electrons. The van der Waals surface area contributed by atoms with Crippen molar-refractivity contribution in [2.75, 3.05) is 20.2 Å². The largest absolute Gasteiger partial charge is 0.497 e. The number of hydrogen-bond acceptors (Lipinski definition) is 5. The molecule has 0 spiro atoms. The van der Waals surface area contributed by atoms with Gasteiger partial charge in [-0.05, 0) is 61.2 Å². The van der Waals surface area contributed by atoms with E-state index in [0.717, 1.165) is 24.2 Å². The Morgan fingerprint density at radius 1 is 1.23 bits per heavy atom. The molecule has 2 heterocycles. The van der Waals surface area contributed by atoms with Gasteiger partial charge >= 0.3 is 0 Å². The molecule has 6 nitrogen and oxygen atoms in total. The van der Waals surface area contributed by atoms with Crippen molar-refractivity contribution in [2.45, 2.75) is 19.3 Å². The molecule has 30 heavy (non-hydrogen) atoms. The second-order valence-electron chi connectivity index (χ2n) is 7.30. The number of carbonyl (C=O) groups is 1. The lowest BCUT2D eigenvalue weighted by atomic mass is 9.93. The summed E-state index contributed by atoms with van der Waals surface area (Å²) in [6.45, 7) is 1.16. The molecule has 0 unspecified atom stereocenters. The van der Waals surface area contributed by atoms with Crippen molar-refractivity contribution in [2.24, 2.45) is 5.92 Å². The number of likely N-dealkylation sites (tertiary alicyclic amines) is 1. The Labute approximate surface area is 178 Å². The van der Waals surface area contributed by atoms with Gasteiger partial charge in [-0.25, -0.2) is 4.39 Å². The molecule has 0 saturated carbocycles. The molecule has 1 aliphatic rings. The maximum absolute atomic E-state index is 13.5. The molecule has 1 aromatic heterocycles. The van der Waals surface area contributed by atoms with E-state index in [0.29, 0.717) is 37.1 Å². The van der Waals surface area contributed by atoms with Crippen molar-refractivity contribution in [3.05, 3.63) is 64.8 Å². The average Bonchev–Trinajstić information content (AvgIpc) is 3.24. The first kappa shape index (κ1) is 20.3. The van der Waals surface area contributed by atoms with Crippen LogP contribution in [0, 0.1) is 11.7 Å². The third-order valence-corrected chi connectivity index (χ3v) is 5.67. The van der Waals surface area contributed by atoms with Gasteiger partial charge in [0.05, 0.1) is 17.7 Å². The fourth-order valence-corrected chi connectivity index (χ4v) is 3.81. The van der Waals surface area contributed by atoms with Crippen LogP contribution >= 0.6 is 11.6 Å². The molecule has 0 radical (unpaired) electrons. The van der Waals surface area contributed by atoms with E-state index in [1.54, 1.807) is 12.0 Å². The molecule has 0 aliphatic carbocycles. The highest BCUT2D eigenvalue weighted by Crippen LogP contribution is 2.26. The predicted molar refractivity (Wildman–Crippen MR) is 110 cm³/mol. The molecule has 0 N–H and O–H groups in total. The number of nitrogens with zero attached hydrogens (tertiary/aromatic N) is 3. The molecule has 8 heteroatoms. The molecule has 1 saturated heterocycles. The number of amides is 1. The van der Waals surface area contributed by atoms with Crippen LogP contribution in [-0.4, -0.2) is 41.1 Å². The number of halogens is 2. The van der Waals surface area contributed by atoms with E-state index in [2.05, 4.69) is 10.1 Å². The van der Waals surface area contributed by atoms with Crippen LogP contribution in [0.4, 0.5) is 4.39 Å². The minimum atomic E-state index is -0.471. The molecule has 4 rings (SSSR count).